The smallest absolute Gasteiger partial charge is 0.220 e. The van der Waals surface area contributed by atoms with E-state index in [0.29, 0.717) is 12.8 Å². The second-order valence-corrected chi connectivity index (χ2v) is 19.0. The molecule has 0 fully saturated rings. The van der Waals surface area contributed by atoms with Crippen LogP contribution in [0.5, 0.6) is 0 Å². The van der Waals surface area contributed by atoms with E-state index in [1.807, 2.05) is 0 Å². The summed E-state index contributed by atoms with van der Waals surface area (Å²) in [7, 11) is 0. The SMILES string of the molecule is CCCCCCC/C=C\C/C=C\C/C=C\CCCCCCCCCCCCCCC(=O)NC(CO)C(O)CCCCCCCCCCCCCCCCCCCCCCCC. The van der Waals surface area contributed by atoms with Gasteiger partial charge in [-0.15, -0.1) is 0 Å². The van der Waals surface area contributed by atoms with Gasteiger partial charge in [0, 0.05) is 6.42 Å². The van der Waals surface area contributed by atoms with Crippen LogP contribution in [0.25, 0.3) is 0 Å². The molecule has 0 rings (SSSR count). The van der Waals surface area contributed by atoms with Gasteiger partial charge >= 0.3 is 0 Å². The number of amides is 1. The molecule has 0 heterocycles. The molecule has 61 heavy (non-hydrogen) atoms. The molecule has 0 aliphatic rings. The van der Waals surface area contributed by atoms with Gasteiger partial charge < -0.3 is 15.5 Å². The highest BCUT2D eigenvalue weighted by molar-refractivity contribution is 5.76. The summed E-state index contributed by atoms with van der Waals surface area (Å²) in [6, 6.07) is -0.538. The highest BCUT2D eigenvalue weighted by atomic mass is 16.3. The van der Waals surface area contributed by atoms with E-state index >= 15 is 0 Å². The number of carbonyl (C=O) groups is 1. The van der Waals surface area contributed by atoms with Crippen LogP contribution in [0.2, 0.25) is 0 Å². The molecule has 360 valence electrons. The Labute approximate surface area is 382 Å². The number of hydrogen-bond donors (Lipinski definition) is 3. The first-order chi connectivity index (χ1) is 30.2. The predicted molar refractivity (Wildman–Crippen MR) is 272 cm³/mol. The molecular formula is C57H109NO3. The van der Waals surface area contributed by atoms with E-state index < -0.39 is 12.1 Å². The third kappa shape index (κ3) is 49.5. The van der Waals surface area contributed by atoms with E-state index in [-0.39, 0.29) is 12.5 Å². The molecular weight excluding hydrogens is 747 g/mol. The molecule has 0 aliphatic carbocycles. The second kappa shape index (κ2) is 53.0. The molecule has 0 bridgehead atoms. The van der Waals surface area contributed by atoms with Crippen LogP contribution >= 0.6 is 0 Å². The standard InChI is InChI=1S/C57H109NO3/c1-3-5-7-9-11-13-15-17-19-21-23-25-27-28-29-30-31-33-35-37-39-41-43-45-47-49-51-53-57(61)58-55(54-59)56(60)52-50-48-46-44-42-40-38-36-34-32-26-24-22-20-18-16-14-12-10-8-6-4-2/h15,17,21,23,27-28,55-56,59-60H,3-14,16,18-20,22,24-26,29-54H2,1-2H3,(H,58,61)/b17-15-,23-21-,28-27-. The predicted octanol–water partition coefficient (Wildman–Crippen LogP) is 18.1. The number of nitrogens with one attached hydrogen (secondary N) is 1. The summed E-state index contributed by atoms with van der Waals surface area (Å²) in [6.07, 6.45) is 71.2. The summed E-state index contributed by atoms with van der Waals surface area (Å²) >= 11 is 0. The second-order valence-electron chi connectivity index (χ2n) is 19.0. The van der Waals surface area contributed by atoms with E-state index in [9.17, 15) is 15.0 Å². The van der Waals surface area contributed by atoms with Gasteiger partial charge in [-0.1, -0.05) is 281 Å². The largest absolute Gasteiger partial charge is 0.394 e. The van der Waals surface area contributed by atoms with E-state index in [4.69, 9.17) is 0 Å². The first-order valence-corrected chi connectivity index (χ1v) is 27.7. The number of allylic oxidation sites excluding steroid dienone is 6. The number of aliphatic hydroxyl groups is 2. The molecule has 0 aliphatic heterocycles. The first kappa shape index (κ1) is 59.6. The summed E-state index contributed by atoms with van der Waals surface area (Å²) in [6.45, 7) is 4.37. The molecule has 4 heteroatoms. The van der Waals surface area contributed by atoms with Gasteiger partial charge in [0.15, 0.2) is 0 Å². The number of aliphatic hydroxyl groups excluding tert-OH is 2. The van der Waals surface area contributed by atoms with Crippen molar-refractivity contribution in [2.24, 2.45) is 0 Å². The minimum absolute atomic E-state index is 0.0298. The van der Waals surface area contributed by atoms with Gasteiger partial charge in [-0.3, -0.25) is 4.79 Å². The Balaban J connectivity index is 3.47. The van der Waals surface area contributed by atoms with Gasteiger partial charge in [0.2, 0.25) is 5.91 Å². The lowest BCUT2D eigenvalue weighted by Gasteiger charge is -2.22. The van der Waals surface area contributed by atoms with Crippen molar-refractivity contribution in [1.82, 2.24) is 5.32 Å². The Morgan fingerprint density at radius 1 is 0.393 bits per heavy atom. The molecule has 3 N–H and O–H groups in total. The highest BCUT2D eigenvalue weighted by Crippen LogP contribution is 2.17. The third-order valence-electron chi connectivity index (χ3n) is 12.9. The van der Waals surface area contributed by atoms with Crippen molar-refractivity contribution in [2.45, 2.75) is 315 Å². The molecule has 0 saturated carbocycles. The lowest BCUT2D eigenvalue weighted by Crippen LogP contribution is -2.45. The van der Waals surface area contributed by atoms with Crippen LogP contribution in [0.4, 0.5) is 0 Å². The molecule has 0 aromatic heterocycles. The molecule has 0 radical (unpaired) electrons. The summed E-state index contributed by atoms with van der Waals surface area (Å²) in [5, 5.41) is 23.3. The molecule has 0 spiro atoms. The van der Waals surface area contributed by atoms with E-state index in [2.05, 4.69) is 55.6 Å². The van der Waals surface area contributed by atoms with Gasteiger partial charge in [-0.2, -0.15) is 0 Å². The average Bonchev–Trinajstić information content (AvgIpc) is 3.26. The normalized spacial score (nSPS) is 13.0. The zero-order valence-electron chi connectivity index (χ0n) is 41.4. The molecule has 1 amide bonds. The fourth-order valence-electron chi connectivity index (χ4n) is 8.66. The van der Waals surface area contributed by atoms with Crippen molar-refractivity contribution >= 4 is 5.91 Å². The quantitative estimate of drug-likeness (QED) is 0.0422. The Bertz CT molecular complexity index is 928. The van der Waals surface area contributed by atoms with Crippen LogP contribution in [0.15, 0.2) is 36.5 Å². The molecule has 2 atom stereocenters. The van der Waals surface area contributed by atoms with Gasteiger partial charge in [0.25, 0.3) is 0 Å². The van der Waals surface area contributed by atoms with Crippen molar-refractivity contribution in [3.63, 3.8) is 0 Å². The molecule has 0 saturated heterocycles. The van der Waals surface area contributed by atoms with Gasteiger partial charge in [0.1, 0.15) is 0 Å². The first-order valence-electron chi connectivity index (χ1n) is 27.7. The zero-order valence-corrected chi connectivity index (χ0v) is 41.4. The molecule has 0 aromatic rings. The Morgan fingerprint density at radius 3 is 1.00 bits per heavy atom. The van der Waals surface area contributed by atoms with Crippen molar-refractivity contribution < 1.29 is 15.0 Å². The number of unbranched alkanes of at least 4 members (excludes halogenated alkanes) is 38. The van der Waals surface area contributed by atoms with Crippen LogP contribution in [-0.2, 0) is 4.79 Å². The molecule has 0 aromatic carbocycles. The van der Waals surface area contributed by atoms with Crippen LogP contribution < -0.4 is 5.32 Å². The Hall–Kier alpha value is -1.39. The van der Waals surface area contributed by atoms with Crippen molar-refractivity contribution in [2.75, 3.05) is 6.61 Å². The average molecular weight is 857 g/mol. The Morgan fingerprint density at radius 2 is 0.672 bits per heavy atom. The molecule has 4 nitrogen and oxygen atoms in total. The van der Waals surface area contributed by atoms with Crippen molar-refractivity contribution in [3.05, 3.63) is 36.5 Å². The van der Waals surface area contributed by atoms with Crippen LogP contribution in [-0.4, -0.2) is 34.9 Å². The van der Waals surface area contributed by atoms with E-state index in [1.165, 1.54) is 238 Å². The van der Waals surface area contributed by atoms with Crippen LogP contribution in [0.3, 0.4) is 0 Å². The maximum absolute atomic E-state index is 12.5. The number of rotatable bonds is 51. The van der Waals surface area contributed by atoms with Crippen LogP contribution in [0.1, 0.15) is 303 Å². The fourth-order valence-corrected chi connectivity index (χ4v) is 8.66. The van der Waals surface area contributed by atoms with Crippen molar-refractivity contribution in [1.29, 1.82) is 0 Å². The lowest BCUT2D eigenvalue weighted by atomic mass is 10.0. The summed E-state index contributed by atoms with van der Waals surface area (Å²) in [5.41, 5.74) is 0. The summed E-state index contributed by atoms with van der Waals surface area (Å²) in [5.74, 6) is -0.0298. The van der Waals surface area contributed by atoms with E-state index in [0.717, 1.165) is 38.5 Å². The maximum Gasteiger partial charge on any atom is 0.220 e. The topological polar surface area (TPSA) is 69.6 Å². The van der Waals surface area contributed by atoms with E-state index in [1.54, 1.807) is 0 Å². The Kier molecular flexibility index (Phi) is 51.7. The third-order valence-corrected chi connectivity index (χ3v) is 12.9. The van der Waals surface area contributed by atoms with Gasteiger partial charge in [-0.05, 0) is 51.4 Å². The maximum atomic E-state index is 12.5. The monoisotopic (exact) mass is 856 g/mol. The summed E-state index contributed by atoms with van der Waals surface area (Å²) < 4.78 is 0. The lowest BCUT2D eigenvalue weighted by molar-refractivity contribution is -0.123. The molecule has 2 unspecified atom stereocenters. The minimum Gasteiger partial charge on any atom is -0.394 e. The fraction of sp³-hybridized carbons (Fsp3) is 0.877. The van der Waals surface area contributed by atoms with Gasteiger partial charge in [0.05, 0.1) is 18.8 Å². The minimum atomic E-state index is -0.661. The summed E-state index contributed by atoms with van der Waals surface area (Å²) in [4.78, 5) is 12.5. The highest BCUT2D eigenvalue weighted by Gasteiger charge is 2.20. The number of hydrogen-bond acceptors (Lipinski definition) is 3. The van der Waals surface area contributed by atoms with Gasteiger partial charge in [-0.25, -0.2) is 0 Å². The van der Waals surface area contributed by atoms with Crippen molar-refractivity contribution in [3.8, 4) is 0 Å². The van der Waals surface area contributed by atoms with Crippen LogP contribution in [0, 0.1) is 0 Å². The zero-order chi connectivity index (χ0) is 44.2. The number of carbonyl (C=O) groups excluding carboxylic acids is 1.